The molecule has 1 unspecified atom stereocenters. The molecule has 1 aromatic heterocycles. The Kier molecular flexibility index (Phi) is 7.27. The molecular formula is C17H20N2O4S2. The van der Waals surface area contributed by atoms with Crippen LogP contribution in [-0.2, 0) is 16.0 Å². The standard InChI is InChI=1S/C17H20N2O4S2/c1-23-14-6-4-3-5-12(14)16-18-11(10-25-16)9-15(20)19-13(17(21)22)7-8-24-2/h3-6,10,13H,7-9H2,1-2H3,(H,19,20)(H,21,22). The van der Waals surface area contributed by atoms with Gasteiger partial charge >= 0.3 is 5.97 Å². The minimum Gasteiger partial charge on any atom is -0.496 e. The number of methoxy groups -OCH3 is 1. The Hall–Kier alpha value is -2.06. The van der Waals surface area contributed by atoms with E-state index in [1.54, 1.807) is 24.3 Å². The molecule has 2 rings (SSSR count). The van der Waals surface area contributed by atoms with E-state index < -0.39 is 12.0 Å². The number of thiazole rings is 1. The van der Waals surface area contributed by atoms with Crippen LogP contribution >= 0.6 is 23.1 Å². The van der Waals surface area contributed by atoms with E-state index >= 15 is 0 Å². The van der Waals surface area contributed by atoms with Crippen molar-refractivity contribution in [3.05, 3.63) is 35.3 Å². The SMILES string of the molecule is COc1ccccc1-c1nc(CC(=O)NC(CCSC)C(=O)O)cs1. The summed E-state index contributed by atoms with van der Waals surface area (Å²) in [6.07, 6.45) is 2.34. The van der Waals surface area contributed by atoms with E-state index in [-0.39, 0.29) is 12.3 Å². The van der Waals surface area contributed by atoms with E-state index in [9.17, 15) is 14.7 Å². The van der Waals surface area contributed by atoms with Gasteiger partial charge in [0.1, 0.15) is 16.8 Å². The van der Waals surface area contributed by atoms with Crippen LogP contribution < -0.4 is 10.1 Å². The van der Waals surface area contributed by atoms with Gasteiger partial charge in [-0.25, -0.2) is 9.78 Å². The molecule has 0 aliphatic rings. The van der Waals surface area contributed by atoms with Crippen molar-refractivity contribution in [1.82, 2.24) is 10.3 Å². The molecule has 0 radical (unpaired) electrons. The number of carbonyl (C=O) groups is 2. The number of carboxylic acids is 1. The largest absolute Gasteiger partial charge is 0.496 e. The summed E-state index contributed by atoms with van der Waals surface area (Å²) in [6.45, 7) is 0. The fourth-order valence-electron chi connectivity index (χ4n) is 2.24. The van der Waals surface area contributed by atoms with Gasteiger partial charge in [-0.15, -0.1) is 11.3 Å². The molecule has 1 heterocycles. The minimum atomic E-state index is -1.02. The highest BCUT2D eigenvalue weighted by molar-refractivity contribution is 7.98. The van der Waals surface area contributed by atoms with Crippen molar-refractivity contribution in [2.45, 2.75) is 18.9 Å². The average Bonchev–Trinajstić information content (AvgIpc) is 3.06. The second-order valence-corrected chi connectivity index (χ2v) is 7.10. The quantitative estimate of drug-likeness (QED) is 0.695. The lowest BCUT2D eigenvalue weighted by molar-refractivity contribution is -0.141. The molecule has 0 aliphatic heterocycles. The predicted molar refractivity (Wildman–Crippen MR) is 100 cm³/mol. The van der Waals surface area contributed by atoms with Gasteiger partial charge in [0.25, 0.3) is 0 Å². The number of thioether (sulfide) groups is 1. The molecular weight excluding hydrogens is 360 g/mol. The lowest BCUT2D eigenvalue weighted by atomic mass is 10.2. The Morgan fingerprint density at radius 1 is 1.40 bits per heavy atom. The lowest BCUT2D eigenvalue weighted by Gasteiger charge is -2.13. The van der Waals surface area contributed by atoms with Crippen LogP contribution in [0.2, 0.25) is 0 Å². The number of nitrogens with zero attached hydrogens (tertiary/aromatic N) is 1. The third-order valence-corrected chi connectivity index (χ3v) is 5.04. The first-order valence-electron chi connectivity index (χ1n) is 7.64. The number of nitrogens with one attached hydrogen (secondary N) is 1. The van der Waals surface area contributed by atoms with Gasteiger partial charge in [-0.1, -0.05) is 12.1 Å². The number of hydrogen-bond acceptors (Lipinski definition) is 6. The smallest absolute Gasteiger partial charge is 0.326 e. The van der Waals surface area contributed by atoms with Crippen molar-refractivity contribution in [2.75, 3.05) is 19.1 Å². The Bertz CT molecular complexity index is 733. The maximum absolute atomic E-state index is 12.1. The molecule has 8 heteroatoms. The Labute approximate surface area is 154 Å². The highest BCUT2D eigenvalue weighted by Gasteiger charge is 2.20. The summed E-state index contributed by atoms with van der Waals surface area (Å²) in [7, 11) is 1.60. The Morgan fingerprint density at radius 2 is 2.16 bits per heavy atom. The van der Waals surface area contributed by atoms with Crippen molar-refractivity contribution in [3.63, 3.8) is 0 Å². The molecule has 1 aromatic carbocycles. The predicted octanol–water partition coefficient (Wildman–Crippen LogP) is 2.68. The van der Waals surface area contributed by atoms with Crippen molar-refractivity contribution in [1.29, 1.82) is 0 Å². The lowest BCUT2D eigenvalue weighted by Crippen LogP contribution is -2.41. The fourth-order valence-corrected chi connectivity index (χ4v) is 3.56. The fraction of sp³-hybridized carbons (Fsp3) is 0.353. The van der Waals surface area contributed by atoms with Gasteiger partial charge in [0.2, 0.25) is 5.91 Å². The van der Waals surface area contributed by atoms with Crippen LogP contribution in [0.25, 0.3) is 10.6 Å². The van der Waals surface area contributed by atoms with Crippen LogP contribution in [0.4, 0.5) is 0 Å². The van der Waals surface area contributed by atoms with Gasteiger partial charge in [-0.2, -0.15) is 11.8 Å². The number of rotatable bonds is 9. The number of aromatic nitrogens is 1. The molecule has 0 fully saturated rings. The summed E-state index contributed by atoms with van der Waals surface area (Å²) in [5.74, 6) is 0.0305. The molecule has 134 valence electrons. The highest BCUT2D eigenvalue weighted by atomic mass is 32.2. The number of carboxylic acid groups (broad SMARTS) is 1. The summed E-state index contributed by atoms with van der Waals surface area (Å²) in [5, 5.41) is 14.3. The van der Waals surface area contributed by atoms with Crippen LogP contribution in [0.1, 0.15) is 12.1 Å². The molecule has 1 amide bonds. The maximum atomic E-state index is 12.1. The Balaban J connectivity index is 2.03. The van der Waals surface area contributed by atoms with Crippen LogP contribution in [0.3, 0.4) is 0 Å². The van der Waals surface area contributed by atoms with E-state index in [4.69, 9.17) is 4.74 Å². The van der Waals surface area contributed by atoms with Crippen molar-refractivity contribution >= 4 is 35.0 Å². The minimum absolute atomic E-state index is 0.0503. The Morgan fingerprint density at radius 3 is 2.84 bits per heavy atom. The first-order chi connectivity index (χ1) is 12.0. The van der Waals surface area contributed by atoms with Crippen LogP contribution in [0.15, 0.2) is 29.6 Å². The van der Waals surface area contributed by atoms with Crippen LogP contribution in [-0.4, -0.2) is 47.1 Å². The third-order valence-electron chi connectivity index (χ3n) is 3.47. The van der Waals surface area contributed by atoms with Crippen molar-refractivity contribution < 1.29 is 19.4 Å². The van der Waals surface area contributed by atoms with Crippen LogP contribution in [0, 0.1) is 0 Å². The van der Waals surface area contributed by atoms with E-state index in [1.807, 2.05) is 30.5 Å². The number of hydrogen-bond donors (Lipinski definition) is 2. The summed E-state index contributed by atoms with van der Waals surface area (Å²) in [6, 6.07) is 6.67. The van der Waals surface area contributed by atoms with E-state index in [1.165, 1.54) is 11.3 Å². The van der Waals surface area contributed by atoms with E-state index in [0.29, 0.717) is 17.9 Å². The molecule has 2 aromatic rings. The third kappa shape index (κ3) is 5.47. The molecule has 2 N–H and O–H groups in total. The normalized spacial score (nSPS) is 11.8. The van der Waals surface area contributed by atoms with Crippen molar-refractivity contribution in [2.24, 2.45) is 0 Å². The maximum Gasteiger partial charge on any atom is 0.326 e. The number of benzene rings is 1. The van der Waals surface area contributed by atoms with Crippen LogP contribution in [0.5, 0.6) is 5.75 Å². The van der Waals surface area contributed by atoms with Gasteiger partial charge < -0.3 is 15.2 Å². The summed E-state index contributed by atoms with van der Waals surface area (Å²) < 4.78 is 5.33. The molecule has 0 saturated heterocycles. The molecule has 1 atom stereocenters. The van der Waals surface area contributed by atoms with Crippen molar-refractivity contribution in [3.8, 4) is 16.3 Å². The molecule has 0 aliphatic carbocycles. The number of carbonyl (C=O) groups excluding carboxylic acids is 1. The second-order valence-electron chi connectivity index (χ2n) is 5.26. The number of ether oxygens (including phenoxy) is 1. The summed E-state index contributed by atoms with van der Waals surface area (Å²) >= 11 is 2.97. The molecule has 0 spiro atoms. The summed E-state index contributed by atoms with van der Waals surface area (Å²) in [4.78, 5) is 27.8. The molecule has 0 bridgehead atoms. The molecule has 6 nitrogen and oxygen atoms in total. The summed E-state index contributed by atoms with van der Waals surface area (Å²) in [5.41, 5.74) is 1.47. The zero-order valence-corrected chi connectivity index (χ0v) is 15.7. The van der Waals surface area contributed by atoms with Gasteiger partial charge in [-0.05, 0) is 30.6 Å². The first kappa shape index (κ1) is 19.3. The zero-order chi connectivity index (χ0) is 18.2. The first-order valence-corrected chi connectivity index (χ1v) is 9.91. The van der Waals surface area contributed by atoms with Gasteiger partial charge in [0.05, 0.1) is 24.8 Å². The van der Waals surface area contributed by atoms with E-state index in [2.05, 4.69) is 10.3 Å². The van der Waals surface area contributed by atoms with E-state index in [0.717, 1.165) is 16.3 Å². The number of para-hydroxylation sites is 1. The number of amides is 1. The second kappa shape index (κ2) is 9.43. The number of aliphatic carboxylic acids is 1. The topological polar surface area (TPSA) is 88.5 Å². The molecule has 25 heavy (non-hydrogen) atoms. The highest BCUT2D eigenvalue weighted by Crippen LogP contribution is 2.31. The van der Waals surface area contributed by atoms with Gasteiger partial charge in [-0.3, -0.25) is 4.79 Å². The average molecular weight is 380 g/mol. The zero-order valence-electron chi connectivity index (χ0n) is 14.0. The van der Waals surface area contributed by atoms with Gasteiger partial charge in [0, 0.05) is 5.38 Å². The monoisotopic (exact) mass is 380 g/mol. The van der Waals surface area contributed by atoms with Gasteiger partial charge in [0.15, 0.2) is 0 Å². The molecule has 0 saturated carbocycles.